The first-order valence-corrected chi connectivity index (χ1v) is 8.73. The number of halogens is 2. The lowest BCUT2D eigenvalue weighted by Gasteiger charge is -2.30. The van der Waals surface area contributed by atoms with Crippen LogP contribution < -0.4 is 5.73 Å². The Morgan fingerprint density at radius 3 is 2.45 bits per heavy atom. The molecule has 1 heterocycles. The first-order chi connectivity index (χ1) is 9.86. The number of rotatable bonds is 4. The molecule has 0 bridgehead atoms. The summed E-state index contributed by atoms with van der Waals surface area (Å²) in [5, 5.41) is 11.1. The molecule has 0 aliphatic carbocycles. The van der Waals surface area contributed by atoms with Gasteiger partial charge in [-0.2, -0.15) is 4.31 Å². The van der Waals surface area contributed by atoms with Crippen LogP contribution in [-0.2, 0) is 10.0 Å². The van der Waals surface area contributed by atoms with Gasteiger partial charge in [0.25, 0.3) is 5.69 Å². The number of piperidine rings is 1. The van der Waals surface area contributed by atoms with Gasteiger partial charge < -0.3 is 5.73 Å². The second-order valence-electron chi connectivity index (χ2n) is 4.95. The molecular formula is C12H17BrClN3O4S. The van der Waals surface area contributed by atoms with E-state index in [1.54, 1.807) is 0 Å². The zero-order valence-corrected chi connectivity index (χ0v) is 14.9. The van der Waals surface area contributed by atoms with Crippen molar-refractivity contribution < 1.29 is 13.3 Å². The van der Waals surface area contributed by atoms with Crippen LogP contribution in [0.1, 0.15) is 12.8 Å². The van der Waals surface area contributed by atoms with E-state index in [1.165, 1.54) is 22.5 Å². The SMILES string of the molecule is Cl.NCC1CCN(S(=O)(=O)c2cc(Br)ccc2[N+](=O)[O-])CC1. The summed E-state index contributed by atoms with van der Waals surface area (Å²) in [4.78, 5) is 10.1. The van der Waals surface area contributed by atoms with Gasteiger partial charge in [0.15, 0.2) is 4.90 Å². The summed E-state index contributed by atoms with van der Waals surface area (Å²) in [5.74, 6) is 0.314. The fourth-order valence-corrected chi connectivity index (χ4v) is 4.53. The second kappa shape index (κ2) is 7.69. The van der Waals surface area contributed by atoms with Gasteiger partial charge in [-0.3, -0.25) is 10.1 Å². The Balaban J connectivity index is 0.00000242. The van der Waals surface area contributed by atoms with Crippen molar-refractivity contribution in [2.24, 2.45) is 11.7 Å². The lowest BCUT2D eigenvalue weighted by molar-refractivity contribution is -0.387. The number of nitrogens with zero attached hydrogens (tertiary/aromatic N) is 2. The maximum Gasteiger partial charge on any atom is 0.289 e. The molecule has 2 rings (SSSR count). The minimum absolute atomic E-state index is 0. The molecule has 124 valence electrons. The molecule has 0 atom stereocenters. The van der Waals surface area contributed by atoms with Crippen LogP contribution in [0, 0.1) is 16.0 Å². The summed E-state index contributed by atoms with van der Waals surface area (Å²) >= 11 is 3.16. The first-order valence-electron chi connectivity index (χ1n) is 6.50. The van der Waals surface area contributed by atoms with Gasteiger partial charge in [0.05, 0.1) is 4.92 Å². The molecule has 1 saturated heterocycles. The van der Waals surface area contributed by atoms with Crippen LogP contribution >= 0.6 is 28.3 Å². The predicted molar refractivity (Wildman–Crippen MR) is 88.6 cm³/mol. The molecule has 1 fully saturated rings. The van der Waals surface area contributed by atoms with Crippen LogP contribution in [0.25, 0.3) is 0 Å². The highest BCUT2D eigenvalue weighted by Crippen LogP contribution is 2.31. The van der Waals surface area contributed by atoms with Crippen molar-refractivity contribution in [1.82, 2.24) is 4.31 Å². The van der Waals surface area contributed by atoms with Gasteiger partial charge in [-0.1, -0.05) is 15.9 Å². The predicted octanol–water partition coefficient (Wildman–Crippen LogP) is 2.14. The maximum atomic E-state index is 12.6. The summed E-state index contributed by atoms with van der Waals surface area (Å²) in [6.07, 6.45) is 1.36. The van der Waals surface area contributed by atoms with Crippen molar-refractivity contribution >= 4 is 44.0 Å². The molecule has 0 spiro atoms. The van der Waals surface area contributed by atoms with Crippen molar-refractivity contribution in [3.8, 4) is 0 Å². The summed E-state index contributed by atoms with van der Waals surface area (Å²) in [6.45, 7) is 1.21. The average molecular weight is 415 g/mol. The molecule has 1 aliphatic heterocycles. The van der Waals surface area contributed by atoms with E-state index < -0.39 is 20.6 Å². The van der Waals surface area contributed by atoms with Gasteiger partial charge in [-0.05, 0) is 37.4 Å². The average Bonchev–Trinajstić information content (AvgIpc) is 2.47. The Labute approximate surface area is 143 Å². The second-order valence-corrected chi connectivity index (χ2v) is 7.77. The van der Waals surface area contributed by atoms with Crippen molar-refractivity contribution in [1.29, 1.82) is 0 Å². The molecule has 0 aromatic heterocycles. The lowest BCUT2D eigenvalue weighted by atomic mass is 9.99. The highest BCUT2D eigenvalue weighted by molar-refractivity contribution is 9.10. The number of nitro groups is 1. The van der Waals surface area contributed by atoms with Crippen molar-refractivity contribution in [3.05, 3.63) is 32.8 Å². The summed E-state index contributed by atoms with van der Waals surface area (Å²) < 4.78 is 27.0. The Bertz CT molecular complexity index is 648. The van der Waals surface area contributed by atoms with Crippen molar-refractivity contribution in [2.45, 2.75) is 17.7 Å². The van der Waals surface area contributed by atoms with E-state index in [4.69, 9.17) is 5.73 Å². The number of benzene rings is 1. The number of hydrogen-bond donors (Lipinski definition) is 1. The highest BCUT2D eigenvalue weighted by atomic mass is 79.9. The Morgan fingerprint density at radius 2 is 1.95 bits per heavy atom. The summed E-state index contributed by atoms with van der Waals surface area (Å²) in [7, 11) is -3.87. The van der Waals surface area contributed by atoms with Crippen LogP contribution in [-0.4, -0.2) is 37.3 Å². The van der Waals surface area contributed by atoms with E-state index in [0.29, 0.717) is 42.9 Å². The van der Waals surface area contributed by atoms with Gasteiger partial charge in [0.2, 0.25) is 10.0 Å². The van der Waals surface area contributed by atoms with Gasteiger partial charge in [-0.25, -0.2) is 8.42 Å². The Morgan fingerprint density at radius 1 is 1.36 bits per heavy atom. The van der Waals surface area contributed by atoms with E-state index in [9.17, 15) is 18.5 Å². The molecule has 1 aromatic carbocycles. The third-order valence-corrected chi connectivity index (χ3v) is 6.06. The van der Waals surface area contributed by atoms with E-state index in [2.05, 4.69) is 15.9 Å². The standard InChI is InChI=1S/C12H16BrN3O4S.ClH/c13-10-1-2-11(16(17)18)12(7-10)21(19,20)15-5-3-9(8-14)4-6-15;/h1-2,7,9H,3-6,8,14H2;1H. The van der Waals surface area contributed by atoms with Gasteiger partial charge >= 0.3 is 0 Å². The molecule has 7 nitrogen and oxygen atoms in total. The number of nitrogens with two attached hydrogens (primary N) is 1. The van der Waals surface area contributed by atoms with Gasteiger partial charge in [-0.15, -0.1) is 12.4 Å². The topological polar surface area (TPSA) is 107 Å². The number of sulfonamides is 1. The molecule has 1 aliphatic rings. The van der Waals surface area contributed by atoms with Crippen LogP contribution in [0.15, 0.2) is 27.6 Å². The Hall–Kier alpha value is -0.740. The quantitative estimate of drug-likeness (QED) is 0.600. The van der Waals surface area contributed by atoms with E-state index in [1.807, 2.05) is 0 Å². The highest BCUT2D eigenvalue weighted by Gasteiger charge is 2.34. The zero-order chi connectivity index (χ0) is 15.6. The minimum Gasteiger partial charge on any atom is -0.330 e. The fraction of sp³-hybridized carbons (Fsp3) is 0.500. The normalized spacial score (nSPS) is 17.0. The lowest BCUT2D eigenvalue weighted by Crippen LogP contribution is -2.40. The fourth-order valence-electron chi connectivity index (χ4n) is 2.37. The van der Waals surface area contributed by atoms with Crippen molar-refractivity contribution in [2.75, 3.05) is 19.6 Å². The molecule has 10 heteroatoms. The zero-order valence-electron chi connectivity index (χ0n) is 11.6. The first kappa shape index (κ1) is 19.3. The molecule has 22 heavy (non-hydrogen) atoms. The minimum atomic E-state index is -3.87. The van der Waals surface area contributed by atoms with E-state index in [0.717, 1.165) is 0 Å². The van der Waals surface area contributed by atoms with E-state index in [-0.39, 0.29) is 17.3 Å². The molecule has 0 amide bonds. The molecule has 0 radical (unpaired) electrons. The van der Waals surface area contributed by atoms with Crippen LogP contribution in [0.5, 0.6) is 0 Å². The van der Waals surface area contributed by atoms with Crippen LogP contribution in [0.2, 0.25) is 0 Å². The summed E-state index contributed by atoms with van der Waals surface area (Å²) in [5.41, 5.74) is 5.19. The molecule has 1 aromatic rings. The molecule has 0 saturated carbocycles. The maximum absolute atomic E-state index is 12.6. The van der Waals surface area contributed by atoms with Crippen LogP contribution in [0.3, 0.4) is 0 Å². The monoisotopic (exact) mass is 413 g/mol. The van der Waals surface area contributed by atoms with E-state index >= 15 is 0 Å². The molecule has 2 N–H and O–H groups in total. The molecular weight excluding hydrogens is 398 g/mol. The largest absolute Gasteiger partial charge is 0.330 e. The van der Waals surface area contributed by atoms with Gasteiger partial charge in [0, 0.05) is 23.6 Å². The summed E-state index contributed by atoms with van der Waals surface area (Å²) in [6, 6.07) is 3.93. The van der Waals surface area contributed by atoms with Crippen LogP contribution in [0.4, 0.5) is 5.69 Å². The molecule has 0 unspecified atom stereocenters. The third-order valence-electron chi connectivity index (χ3n) is 3.64. The third kappa shape index (κ3) is 3.96. The number of hydrogen-bond acceptors (Lipinski definition) is 5. The van der Waals surface area contributed by atoms with Crippen molar-refractivity contribution in [3.63, 3.8) is 0 Å². The number of nitro benzene ring substituents is 1. The Kier molecular flexibility index (Phi) is 6.75. The van der Waals surface area contributed by atoms with Gasteiger partial charge in [0.1, 0.15) is 0 Å². The smallest absolute Gasteiger partial charge is 0.289 e.